The highest BCUT2D eigenvalue weighted by atomic mass is 19.1. The molecular formula is C23H23F2N3O9. The number of carbonyl (C=O) groups excluding carboxylic acids is 3. The normalized spacial score (nSPS) is 18.2. The number of nitrogens with zero attached hydrogens (tertiary/aromatic N) is 2. The Balaban J connectivity index is 1.62. The lowest BCUT2D eigenvalue weighted by atomic mass is 10.1. The molecule has 37 heavy (non-hydrogen) atoms. The highest BCUT2D eigenvalue weighted by Crippen LogP contribution is 2.30. The van der Waals surface area contributed by atoms with E-state index in [1.54, 1.807) is 6.92 Å². The first-order valence-electron chi connectivity index (χ1n) is 11.2. The molecular weight excluding hydrogens is 500 g/mol. The maximum absolute atomic E-state index is 14.0. The quantitative estimate of drug-likeness (QED) is 0.378. The number of amides is 2. The fourth-order valence-corrected chi connectivity index (χ4v) is 4.00. The van der Waals surface area contributed by atoms with Crippen molar-refractivity contribution in [3.8, 4) is 5.75 Å². The van der Waals surface area contributed by atoms with E-state index < -0.39 is 66.0 Å². The van der Waals surface area contributed by atoms with Crippen LogP contribution < -0.4 is 15.5 Å². The van der Waals surface area contributed by atoms with E-state index in [9.17, 15) is 28.0 Å². The number of hydrogen-bond donors (Lipinski definition) is 2. The third kappa shape index (κ3) is 5.39. The fourth-order valence-electron chi connectivity index (χ4n) is 4.00. The summed E-state index contributed by atoms with van der Waals surface area (Å²) in [5.74, 6) is -3.70. The molecule has 1 aromatic heterocycles. The van der Waals surface area contributed by atoms with E-state index in [2.05, 4.69) is 10.1 Å². The summed E-state index contributed by atoms with van der Waals surface area (Å²) in [5.41, 5.74) is -1.60. The van der Waals surface area contributed by atoms with Crippen LogP contribution in [0.2, 0.25) is 0 Å². The summed E-state index contributed by atoms with van der Waals surface area (Å²) in [6.07, 6.45) is -0.663. The molecule has 4 rings (SSSR count). The molecule has 2 aromatic rings. The van der Waals surface area contributed by atoms with Crippen molar-refractivity contribution >= 4 is 18.0 Å². The number of nitrogens with one attached hydrogen (secondary N) is 1. The molecule has 2 aliphatic rings. The second-order valence-corrected chi connectivity index (χ2v) is 8.20. The molecule has 3 heterocycles. The standard InChI is InChI=1S/C23H23F2N3O9/c1-12-10-35-17-9-27-8-15(21(31)26-7-13-2-3-14(24)6-16(13)25)19(30)20(18(27)22(32)28(12)17)36-11-37-23(33)34-5-4-29/h2-3,6,8,12,17,29H,4-5,7,9-11H2,1H3,(H,26,31)/t12-,17+/m0/s1. The lowest BCUT2D eigenvalue weighted by molar-refractivity contribution is -0.00531. The first kappa shape index (κ1) is 26.0. The van der Waals surface area contributed by atoms with Gasteiger partial charge in [-0.15, -0.1) is 0 Å². The minimum atomic E-state index is -1.19. The molecule has 0 aliphatic carbocycles. The largest absolute Gasteiger partial charge is 0.511 e. The molecule has 2 atom stereocenters. The van der Waals surface area contributed by atoms with Crippen LogP contribution in [0.25, 0.3) is 0 Å². The van der Waals surface area contributed by atoms with Gasteiger partial charge in [-0.2, -0.15) is 0 Å². The smallest absolute Gasteiger partial charge is 0.451 e. The minimum Gasteiger partial charge on any atom is -0.451 e. The number of pyridine rings is 1. The van der Waals surface area contributed by atoms with Crippen molar-refractivity contribution in [1.82, 2.24) is 14.8 Å². The molecule has 0 spiro atoms. The van der Waals surface area contributed by atoms with Gasteiger partial charge in [0.2, 0.25) is 18.0 Å². The summed E-state index contributed by atoms with van der Waals surface area (Å²) in [7, 11) is 0. The number of aliphatic hydroxyl groups excluding tert-OH is 1. The number of aromatic nitrogens is 1. The third-order valence-corrected chi connectivity index (χ3v) is 5.73. The number of carbonyl (C=O) groups is 3. The summed E-state index contributed by atoms with van der Waals surface area (Å²) in [5, 5.41) is 11.1. The highest BCUT2D eigenvalue weighted by Gasteiger charge is 2.43. The van der Waals surface area contributed by atoms with Crippen LogP contribution in [0.4, 0.5) is 13.6 Å². The molecule has 1 fully saturated rings. The lowest BCUT2D eigenvalue weighted by Gasteiger charge is -2.34. The van der Waals surface area contributed by atoms with Gasteiger partial charge in [-0.25, -0.2) is 13.6 Å². The first-order valence-corrected chi connectivity index (χ1v) is 11.2. The molecule has 0 unspecified atom stereocenters. The van der Waals surface area contributed by atoms with Crippen molar-refractivity contribution in [2.24, 2.45) is 0 Å². The Morgan fingerprint density at radius 3 is 2.76 bits per heavy atom. The van der Waals surface area contributed by atoms with Crippen molar-refractivity contribution in [1.29, 1.82) is 0 Å². The Morgan fingerprint density at radius 2 is 2.03 bits per heavy atom. The third-order valence-electron chi connectivity index (χ3n) is 5.73. The SMILES string of the molecule is C[C@H]1CO[C@@H]2Cn3cc(C(=O)NCc4ccc(F)cc4F)c(=O)c(OCOC(=O)OCCO)c3C(=O)N12. The number of aliphatic hydroxyl groups is 1. The van der Waals surface area contributed by atoms with Gasteiger partial charge in [0.05, 0.1) is 25.8 Å². The van der Waals surface area contributed by atoms with Crippen LogP contribution in [0.3, 0.4) is 0 Å². The van der Waals surface area contributed by atoms with Crippen LogP contribution in [-0.4, -0.2) is 71.4 Å². The van der Waals surface area contributed by atoms with Crippen molar-refractivity contribution in [3.63, 3.8) is 0 Å². The summed E-state index contributed by atoms with van der Waals surface area (Å²) in [6, 6.07) is 2.55. The van der Waals surface area contributed by atoms with Gasteiger partial charge in [0.25, 0.3) is 11.8 Å². The van der Waals surface area contributed by atoms with E-state index in [1.807, 2.05) is 0 Å². The Bertz CT molecular complexity index is 1280. The summed E-state index contributed by atoms with van der Waals surface area (Å²) in [4.78, 5) is 52.4. The molecule has 1 aromatic carbocycles. The van der Waals surface area contributed by atoms with Gasteiger partial charge < -0.3 is 38.8 Å². The van der Waals surface area contributed by atoms with Crippen LogP contribution in [-0.2, 0) is 27.3 Å². The minimum absolute atomic E-state index is 0.0155. The molecule has 2 aliphatic heterocycles. The number of ether oxygens (including phenoxy) is 4. The number of halogens is 2. The second-order valence-electron chi connectivity index (χ2n) is 8.20. The van der Waals surface area contributed by atoms with Crippen LogP contribution in [0.5, 0.6) is 5.75 Å². The Kier molecular flexibility index (Phi) is 7.69. The number of hydrogen-bond acceptors (Lipinski definition) is 9. The van der Waals surface area contributed by atoms with Crippen LogP contribution >= 0.6 is 0 Å². The molecule has 2 N–H and O–H groups in total. The van der Waals surface area contributed by atoms with Gasteiger partial charge >= 0.3 is 6.16 Å². The Labute approximate surface area is 208 Å². The number of fused-ring (bicyclic) bond motifs is 2. The Hall–Kier alpha value is -4.04. The average molecular weight is 523 g/mol. The zero-order valence-electron chi connectivity index (χ0n) is 19.6. The first-order chi connectivity index (χ1) is 17.7. The van der Waals surface area contributed by atoms with Gasteiger partial charge in [-0.1, -0.05) is 6.07 Å². The van der Waals surface area contributed by atoms with E-state index in [1.165, 1.54) is 15.7 Å². The van der Waals surface area contributed by atoms with Crippen molar-refractivity contribution in [2.45, 2.75) is 32.3 Å². The van der Waals surface area contributed by atoms with Crippen molar-refractivity contribution in [2.75, 3.05) is 26.6 Å². The average Bonchev–Trinajstić information content (AvgIpc) is 3.23. The van der Waals surface area contributed by atoms with Gasteiger partial charge in [0, 0.05) is 24.4 Å². The highest BCUT2D eigenvalue weighted by molar-refractivity contribution is 5.99. The van der Waals surface area contributed by atoms with Gasteiger partial charge in [-0.05, 0) is 13.0 Å². The van der Waals surface area contributed by atoms with Crippen molar-refractivity contribution < 1.29 is 47.2 Å². The molecule has 0 saturated carbocycles. The molecule has 1 saturated heterocycles. The zero-order valence-corrected chi connectivity index (χ0v) is 19.6. The second kappa shape index (κ2) is 10.9. The van der Waals surface area contributed by atoms with E-state index in [4.69, 9.17) is 19.3 Å². The van der Waals surface area contributed by atoms with Gasteiger partial charge in [0.15, 0.2) is 11.9 Å². The van der Waals surface area contributed by atoms with Crippen molar-refractivity contribution in [3.05, 3.63) is 63.1 Å². The predicted octanol–water partition coefficient (Wildman–Crippen LogP) is 0.739. The molecule has 0 radical (unpaired) electrons. The molecule has 198 valence electrons. The molecule has 2 amide bonds. The van der Waals surface area contributed by atoms with E-state index in [0.29, 0.717) is 6.07 Å². The number of rotatable bonds is 8. The predicted molar refractivity (Wildman–Crippen MR) is 119 cm³/mol. The van der Waals surface area contributed by atoms with E-state index in [-0.39, 0.29) is 43.6 Å². The zero-order chi connectivity index (χ0) is 26.7. The molecule has 12 nitrogen and oxygen atoms in total. The van der Waals surface area contributed by atoms with Crippen LogP contribution in [0.1, 0.15) is 33.3 Å². The lowest BCUT2D eigenvalue weighted by Crippen LogP contribution is -2.49. The molecule has 14 heteroatoms. The maximum atomic E-state index is 14.0. The van der Waals surface area contributed by atoms with E-state index in [0.717, 1.165) is 12.1 Å². The van der Waals surface area contributed by atoms with Crippen LogP contribution in [0.15, 0.2) is 29.2 Å². The monoisotopic (exact) mass is 523 g/mol. The topological polar surface area (TPSA) is 146 Å². The van der Waals surface area contributed by atoms with Gasteiger partial charge in [0.1, 0.15) is 23.8 Å². The summed E-state index contributed by atoms with van der Waals surface area (Å²) in [6.45, 7) is 0.168. The fraction of sp³-hybridized carbons (Fsp3) is 0.391. The Morgan fingerprint density at radius 1 is 1.24 bits per heavy atom. The van der Waals surface area contributed by atoms with Gasteiger partial charge in [-0.3, -0.25) is 14.4 Å². The van der Waals surface area contributed by atoms with E-state index >= 15 is 0 Å². The summed E-state index contributed by atoms with van der Waals surface area (Å²) < 4.78 is 48.6. The number of benzene rings is 1. The molecule has 0 bridgehead atoms. The summed E-state index contributed by atoms with van der Waals surface area (Å²) >= 11 is 0. The maximum Gasteiger partial charge on any atom is 0.511 e. The van der Waals surface area contributed by atoms with Crippen LogP contribution in [0, 0.1) is 11.6 Å².